The SMILES string of the molecule is NCC1CCN(NC(=O)OCc2ccccc2)C1. The van der Waals surface area contributed by atoms with Gasteiger partial charge >= 0.3 is 6.09 Å². The largest absolute Gasteiger partial charge is 0.444 e. The number of rotatable bonds is 4. The van der Waals surface area contributed by atoms with Crippen molar-refractivity contribution in [3.63, 3.8) is 0 Å². The molecule has 1 aromatic rings. The Hall–Kier alpha value is -1.59. The Morgan fingerprint density at radius 3 is 2.89 bits per heavy atom. The summed E-state index contributed by atoms with van der Waals surface area (Å²) in [4.78, 5) is 11.6. The van der Waals surface area contributed by atoms with Crippen molar-refractivity contribution in [3.8, 4) is 0 Å². The Morgan fingerprint density at radius 1 is 1.44 bits per heavy atom. The highest BCUT2D eigenvalue weighted by molar-refractivity contribution is 5.66. The second-order valence-corrected chi connectivity index (χ2v) is 4.51. The van der Waals surface area contributed by atoms with Crippen LogP contribution in [0.25, 0.3) is 0 Å². The van der Waals surface area contributed by atoms with Gasteiger partial charge < -0.3 is 10.5 Å². The van der Waals surface area contributed by atoms with Crippen molar-refractivity contribution in [2.24, 2.45) is 11.7 Å². The highest BCUT2D eigenvalue weighted by atomic mass is 16.6. The summed E-state index contributed by atoms with van der Waals surface area (Å²) < 4.78 is 5.14. The Morgan fingerprint density at radius 2 is 2.22 bits per heavy atom. The van der Waals surface area contributed by atoms with E-state index in [2.05, 4.69) is 5.43 Å². The molecule has 0 radical (unpaired) electrons. The molecule has 5 nitrogen and oxygen atoms in total. The number of nitrogens with one attached hydrogen (secondary N) is 1. The Balaban J connectivity index is 1.70. The van der Waals surface area contributed by atoms with Gasteiger partial charge in [0.1, 0.15) is 6.61 Å². The van der Waals surface area contributed by atoms with Gasteiger partial charge in [-0.15, -0.1) is 0 Å². The zero-order chi connectivity index (χ0) is 12.8. The van der Waals surface area contributed by atoms with Crippen molar-refractivity contribution in [1.29, 1.82) is 0 Å². The van der Waals surface area contributed by atoms with Crippen molar-refractivity contribution in [2.75, 3.05) is 19.6 Å². The van der Waals surface area contributed by atoms with Crippen LogP contribution in [0.2, 0.25) is 0 Å². The van der Waals surface area contributed by atoms with Crippen LogP contribution >= 0.6 is 0 Å². The summed E-state index contributed by atoms with van der Waals surface area (Å²) in [6.07, 6.45) is 0.617. The standard InChI is InChI=1S/C13H19N3O2/c14-8-12-6-7-16(9-12)15-13(17)18-10-11-4-2-1-3-5-11/h1-5,12H,6-10,14H2,(H,15,17). The normalized spacial score (nSPS) is 19.7. The molecule has 1 aromatic carbocycles. The molecule has 0 saturated carbocycles. The molecule has 1 amide bonds. The predicted octanol–water partition coefficient (Wildman–Crippen LogP) is 1.11. The van der Waals surface area contributed by atoms with Crippen molar-refractivity contribution in [2.45, 2.75) is 13.0 Å². The zero-order valence-electron chi connectivity index (χ0n) is 10.3. The molecule has 1 aliphatic heterocycles. The highest BCUT2D eigenvalue weighted by Crippen LogP contribution is 2.12. The van der Waals surface area contributed by atoms with Crippen molar-refractivity contribution in [3.05, 3.63) is 35.9 Å². The molecule has 2 rings (SSSR count). The van der Waals surface area contributed by atoms with Gasteiger partial charge in [0.15, 0.2) is 0 Å². The lowest BCUT2D eigenvalue weighted by Gasteiger charge is -2.16. The minimum atomic E-state index is -0.406. The lowest BCUT2D eigenvalue weighted by molar-refractivity contribution is 0.107. The predicted molar refractivity (Wildman–Crippen MR) is 68.5 cm³/mol. The number of carbonyl (C=O) groups excluding carboxylic acids is 1. The number of carbonyl (C=O) groups is 1. The molecule has 1 fully saturated rings. The van der Waals surface area contributed by atoms with Crippen LogP contribution in [0.15, 0.2) is 30.3 Å². The van der Waals surface area contributed by atoms with Crippen LogP contribution in [-0.2, 0) is 11.3 Å². The van der Waals surface area contributed by atoms with Crippen LogP contribution in [0.5, 0.6) is 0 Å². The zero-order valence-corrected chi connectivity index (χ0v) is 10.3. The molecule has 5 heteroatoms. The summed E-state index contributed by atoms with van der Waals surface area (Å²) in [6, 6.07) is 9.62. The molecule has 98 valence electrons. The molecule has 0 spiro atoms. The number of nitrogens with two attached hydrogens (primary N) is 1. The van der Waals surface area contributed by atoms with Gasteiger partial charge in [-0.3, -0.25) is 5.43 Å². The maximum Gasteiger partial charge on any atom is 0.422 e. The third-order valence-corrected chi connectivity index (χ3v) is 3.08. The molecule has 1 saturated heterocycles. The number of amides is 1. The van der Waals surface area contributed by atoms with Crippen LogP contribution in [0.4, 0.5) is 4.79 Å². The first-order valence-corrected chi connectivity index (χ1v) is 6.20. The summed E-state index contributed by atoms with van der Waals surface area (Å²) in [5.74, 6) is 0.472. The van der Waals surface area contributed by atoms with E-state index in [9.17, 15) is 4.79 Å². The number of benzene rings is 1. The fraction of sp³-hybridized carbons (Fsp3) is 0.462. The van der Waals surface area contributed by atoms with E-state index in [1.54, 1.807) is 0 Å². The average molecular weight is 249 g/mol. The van der Waals surface area contributed by atoms with Crippen LogP contribution in [0.3, 0.4) is 0 Å². The minimum absolute atomic E-state index is 0.292. The summed E-state index contributed by atoms with van der Waals surface area (Å²) in [6.45, 7) is 2.59. The molecular formula is C13H19N3O2. The third-order valence-electron chi connectivity index (χ3n) is 3.08. The lowest BCUT2D eigenvalue weighted by atomic mass is 10.1. The molecule has 1 aliphatic rings. The Labute approximate surface area is 107 Å². The maximum atomic E-state index is 11.6. The van der Waals surface area contributed by atoms with Crippen molar-refractivity contribution < 1.29 is 9.53 Å². The highest BCUT2D eigenvalue weighted by Gasteiger charge is 2.22. The summed E-state index contributed by atoms with van der Waals surface area (Å²) in [5, 5.41) is 1.87. The van der Waals surface area contributed by atoms with Crippen LogP contribution < -0.4 is 11.2 Å². The van der Waals surface area contributed by atoms with E-state index in [-0.39, 0.29) is 0 Å². The molecule has 0 aliphatic carbocycles. The minimum Gasteiger partial charge on any atom is -0.444 e. The molecule has 0 bridgehead atoms. The smallest absolute Gasteiger partial charge is 0.422 e. The van der Waals surface area contributed by atoms with Gasteiger partial charge in [-0.1, -0.05) is 30.3 Å². The number of hydrogen-bond donors (Lipinski definition) is 2. The van der Waals surface area contributed by atoms with Gasteiger partial charge in [-0.2, -0.15) is 0 Å². The second kappa shape index (κ2) is 6.37. The van der Waals surface area contributed by atoms with E-state index in [1.165, 1.54) is 0 Å². The molecule has 1 atom stereocenters. The first kappa shape index (κ1) is 12.9. The molecule has 18 heavy (non-hydrogen) atoms. The number of hydrogen-bond acceptors (Lipinski definition) is 4. The van der Waals surface area contributed by atoms with Gasteiger partial charge in [0, 0.05) is 13.1 Å². The lowest BCUT2D eigenvalue weighted by Crippen LogP contribution is -2.41. The fourth-order valence-corrected chi connectivity index (χ4v) is 2.01. The topological polar surface area (TPSA) is 67.6 Å². The summed E-state index contributed by atoms with van der Waals surface area (Å²) in [5.41, 5.74) is 9.30. The maximum absolute atomic E-state index is 11.6. The fourth-order valence-electron chi connectivity index (χ4n) is 2.01. The Kier molecular flexibility index (Phi) is 4.55. The summed E-state index contributed by atoms with van der Waals surface area (Å²) >= 11 is 0. The molecular weight excluding hydrogens is 230 g/mol. The van der Waals surface area contributed by atoms with Gasteiger partial charge in [0.2, 0.25) is 0 Å². The Bertz CT molecular complexity index is 383. The van der Waals surface area contributed by atoms with E-state index in [0.717, 1.165) is 25.1 Å². The van der Waals surface area contributed by atoms with Crippen LogP contribution in [0.1, 0.15) is 12.0 Å². The summed E-state index contributed by atoms with van der Waals surface area (Å²) in [7, 11) is 0. The van der Waals surface area contributed by atoms with E-state index in [1.807, 2.05) is 35.3 Å². The monoisotopic (exact) mass is 249 g/mol. The van der Waals surface area contributed by atoms with Crippen LogP contribution in [-0.4, -0.2) is 30.7 Å². The number of nitrogens with zero attached hydrogens (tertiary/aromatic N) is 1. The average Bonchev–Trinajstić information content (AvgIpc) is 2.85. The quantitative estimate of drug-likeness (QED) is 0.838. The van der Waals surface area contributed by atoms with Gasteiger partial charge in [-0.05, 0) is 24.4 Å². The first-order valence-electron chi connectivity index (χ1n) is 6.20. The molecule has 1 unspecified atom stereocenters. The van der Waals surface area contributed by atoms with Gasteiger partial charge in [-0.25, -0.2) is 9.80 Å². The second-order valence-electron chi connectivity index (χ2n) is 4.51. The van der Waals surface area contributed by atoms with Crippen molar-refractivity contribution >= 4 is 6.09 Å². The van der Waals surface area contributed by atoms with Gasteiger partial charge in [0.05, 0.1) is 0 Å². The van der Waals surface area contributed by atoms with E-state index in [0.29, 0.717) is 19.1 Å². The van der Waals surface area contributed by atoms with E-state index in [4.69, 9.17) is 10.5 Å². The number of ether oxygens (including phenoxy) is 1. The first-order chi connectivity index (χ1) is 8.78. The number of hydrazine groups is 1. The van der Waals surface area contributed by atoms with Crippen LogP contribution in [0, 0.1) is 5.92 Å². The van der Waals surface area contributed by atoms with E-state index < -0.39 is 6.09 Å². The van der Waals surface area contributed by atoms with Gasteiger partial charge in [0.25, 0.3) is 0 Å². The molecule has 1 heterocycles. The molecule has 0 aromatic heterocycles. The third kappa shape index (κ3) is 3.72. The van der Waals surface area contributed by atoms with E-state index >= 15 is 0 Å². The van der Waals surface area contributed by atoms with Crippen molar-refractivity contribution in [1.82, 2.24) is 10.4 Å². The molecule has 3 N–H and O–H groups in total.